The van der Waals surface area contributed by atoms with Crippen LogP contribution in [-0.4, -0.2) is 23.2 Å². The molecular formula is C17H29N3O. The molecule has 2 rings (SSSR count). The lowest BCUT2D eigenvalue weighted by Gasteiger charge is -2.14. The molecule has 2 N–H and O–H groups in total. The molecule has 1 heterocycles. The van der Waals surface area contributed by atoms with Crippen molar-refractivity contribution in [3.63, 3.8) is 0 Å². The summed E-state index contributed by atoms with van der Waals surface area (Å²) >= 11 is 0. The Kier molecular flexibility index (Phi) is 5.32. The van der Waals surface area contributed by atoms with E-state index in [4.69, 9.17) is 0 Å². The molecule has 1 aliphatic carbocycles. The SMILES string of the molecule is Cc1cc(CCNC(=O)NC2CCCC2)c(C)n1C(C)C. The second kappa shape index (κ2) is 7.01. The topological polar surface area (TPSA) is 46.1 Å². The van der Waals surface area contributed by atoms with Crippen LogP contribution in [0.3, 0.4) is 0 Å². The summed E-state index contributed by atoms with van der Waals surface area (Å²) in [5.74, 6) is 0. The zero-order valence-corrected chi connectivity index (χ0v) is 13.8. The van der Waals surface area contributed by atoms with Gasteiger partial charge in [-0.2, -0.15) is 0 Å². The highest BCUT2D eigenvalue weighted by molar-refractivity contribution is 5.74. The Hall–Kier alpha value is -1.45. The molecule has 1 aliphatic rings. The minimum Gasteiger partial charge on any atom is -0.346 e. The molecule has 1 fully saturated rings. The highest BCUT2D eigenvalue weighted by atomic mass is 16.2. The third kappa shape index (κ3) is 4.02. The van der Waals surface area contributed by atoms with Gasteiger partial charge in [0.2, 0.25) is 0 Å². The molecule has 0 aromatic carbocycles. The molecule has 0 unspecified atom stereocenters. The van der Waals surface area contributed by atoms with Gasteiger partial charge in [0.15, 0.2) is 0 Å². The van der Waals surface area contributed by atoms with Crippen LogP contribution in [0.15, 0.2) is 6.07 Å². The van der Waals surface area contributed by atoms with E-state index >= 15 is 0 Å². The molecule has 0 radical (unpaired) electrons. The van der Waals surface area contributed by atoms with E-state index in [-0.39, 0.29) is 6.03 Å². The first-order chi connectivity index (χ1) is 9.99. The van der Waals surface area contributed by atoms with E-state index in [2.05, 4.69) is 49.0 Å². The molecular weight excluding hydrogens is 262 g/mol. The van der Waals surface area contributed by atoms with Crippen molar-refractivity contribution in [2.45, 2.75) is 71.9 Å². The maximum absolute atomic E-state index is 11.8. The number of carbonyl (C=O) groups is 1. The number of nitrogens with zero attached hydrogens (tertiary/aromatic N) is 1. The minimum absolute atomic E-state index is 0.0143. The fraction of sp³-hybridized carbons (Fsp3) is 0.706. The standard InChI is InChI=1S/C17H29N3O/c1-12(2)20-13(3)11-15(14(20)4)9-10-18-17(21)19-16-7-5-6-8-16/h11-12,16H,5-10H2,1-4H3,(H2,18,19,21). The number of rotatable bonds is 5. The van der Waals surface area contributed by atoms with E-state index in [1.165, 1.54) is 29.8 Å². The lowest BCUT2D eigenvalue weighted by molar-refractivity contribution is 0.237. The van der Waals surface area contributed by atoms with E-state index in [9.17, 15) is 4.79 Å². The van der Waals surface area contributed by atoms with Gasteiger partial charge >= 0.3 is 6.03 Å². The molecule has 4 nitrogen and oxygen atoms in total. The summed E-state index contributed by atoms with van der Waals surface area (Å²) in [7, 11) is 0. The number of carbonyl (C=O) groups excluding carboxylic acids is 1. The molecule has 21 heavy (non-hydrogen) atoms. The summed E-state index contributed by atoms with van der Waals surface area (Å²) in [6, 6.07) is 3.10. The van der Waals surface area contributed by atoms with Crippen molar-refractivity contribution in [1.29, 1.82) is 0 Å². The van der Waals surface area contributed by atoms with Crippen LogP contribution in [0, 0.1) is 13.8 Å². The highest BCUT2D eigenvalue weighted by Crippen LogP contribution is 2.20. The van der Waals surface area contributed by atoms with Crippen molar-refractivity contribution in [2.24, 2.45) is 0 Å². The molecule has 0 spiro atoms. The van der Waals surface area contributed by atoms with Crippen molar-refractivity contribution in [3.8, 4) is 0 Å². The molecule has 0 bridgehead atoms. The average Bonchev–Trinajstić information content (AvgIpc) is 2.98. The Labute approximate surface area is 128 Å². The second-order valence-corrected chi connectivity index (χ2v) is 6.49. The van der Waals surface area contributed by atoms with Crippen molar-refractivity contribution in [3.05, 3.63) is 23.0 Å². The van der Waals surface area contributed by atoms with Crippen molar-refractivity contribution >= 4 is 6.03 Å². The molecule has 0 saturated heterocycles. The highest BCUT2D eigenvalue weighted by Gasteiger charge is 2.17. The summed E-state index contributed by atoms with van der Waals surface area (Å²) in [5, 5.41) is 6.04. The molecule has 0 aliphatic heterocycles. The van der Waals surface area contributed by atoms with Crippen LogP contribution in [-0.2, 0) is 6.42 Å². The molecule has 1 aromatic heterocycles. The van der Waals surface area contributed by atoms with Gasteiger partial charge in [-0.05, 0) is 58.6 Å². The van der Waals surface area contributed by atoms with Crippen LogP contribution in [0.1, 0.15) is 62.5 Å². The zero-order valence-electron chi connectivity index (χ0n) is 13.8. The minimum atomic E-state index is -0.0143. The molecule has 118 valence electrons. The molecule has 2 amide bonds. The summed E-state index contributed by atoms with van der Waals surface area (Å²) in [6.45, 7) is 9.42. The van der Waals surface area contributed by atoms with Crippen LogP contribution >= 0.6 is 0 Å². The van der Waals surface area contributed by atoms with Gasteiger partial charge in [-0.3, -0.25) is 0 Å². The largest absolute Gasteiger partial charge is 0.346 e. The monoisotopic (exact) mass is 291 g/mol. The molecule has 1 saturated carbocycles. The Morgan fingerprint density at radius 3 is 2.57 bits per heavy atom. The normalized spacial score (nSPS) is 15.7. The van der Waals surface area contributed by atoms with Gasteiger partial charge in [-0.25, -0.2) is 4.79 Å². The van der Waals surface area contributed by atoms with Gasteiger partial charge in [0, 0.05) is 30.0 Å². The van der Waals surface area contributed by atoms with Crippen LogP contribution < -0.4 is 10.6 Å². The second-order valence-electron chi connectivity index (χ2n) is 6.49. The van der Waals surface area contributed by atoms with Crippen molar-refractivity contribution in [1.82, 2.24) is 15.2 Å². The fourth-order valence-corrected chi connectivity index (χ4v) is 3.51. The third-order valence-corrected chi connectivity index (χ3v) is 4.48. The zero-order chi connectivity index (χ0) is 15.4. The van der Waals surface area contributed by atoms with Crippen LogP contribution in [0.4, 0.5) is 4.79 Å². The summed E-state index contributed by atoms with van der Waals surface area (Å²) in [4.78, 5) is 11.8. The quantitative estimate of drug-likeness (QED) is 0.857. The summed E-state index contributed by atoms with van der Waals surface area (Å²) in [5.41, 5.74) is 3.95. The summed E-state index contributed by atoms with van der Waals surface area (Å²) in [6.07, 6.45) is 5.63. The van der Waals surface area contributed by atoms with E-state index in [0.717, 1.165) is 19.3 Å². The number of aryl methyl sites for hydroxylation is 1. The number of nitrogens with one attached hydrogen (secondary N) is 2. The van der Waals surface area contributed by atoms with Gasteiger partial charge < -0.3 is 15.2 Å². The Morgan fingerprint density at radius 2 is 2.00 bits per heavy atom. The number of hydrogen-bond donors (Lipinski definition) is 2. The molecule has 4 heteroatoms. The smallest absolute Gasteiger partial charge is 0.315 e. The van der Waals surface area contributed by atoms with E-state index < -0.39 is 0 Å². The van der Waals surface area contributed by atoms with Crippen LogP contribution in [0.25, 0.3) is 0 Å². The Balaban J connectivity index is 1.80. The number of amides is 2. The van der Waals surface area contributed by atoms with E-state index in [1.54, 1.807) is 0 Å². The number of aromatic nitrogens is 1. The van der Waals surface area contributed by atoms with E-state index in [1.807, 2.05) is 0 Å². The van der Waals surface area contributed by atoms with Gasteiger partial charge in [-0.1, -0.05) is 12.8 Å². The van der Waals surface area contributed by atoms with Gasteiger partial charge in [0.25, 0.3) is 0 Å². The Morgan fingerprint density at radius 1 is 1.33 bits per heavy atom. The van der Waals surface area contributed by atoms with Crippen LogP contribution in [0.2, 0.25) is 0 Å². The summed E-state index contributed by atoms with van der Waals surface area (Å²) < 4.78 is 2.36. The first-order valence-corrected chi connectivity index (χ1v) is 8.20. The predicted molar refractivity (Wildman–Crippen MR) is 86.8 cm³/mol. The first kappa shape index (κ1) is 15.9. The van der Waals surface area contributed by atoms with Crippen molar-refractivity contribution < 1.29 is 4.79 Å². The van der Waals surface area contributed by atoms with Crippen LogP contribution in [0.5, 0.6) is 0 Å². The lowest BCUT2D eigenvalue weighted by Crippen LogP contribution is -2.41. The third-order valence-electron chi connectivity index (χ3n) is 4.48. The fourth-order valence-electron chi connectivity index (χ4n) is 3.51. The van der Waals surface area contributed by atoms with Gasteiger partial charge in [0.1, 0.15) is 0 Å². The van der Waals surface area contributed by atoms with Gasteiger partial charge in [0.05, 0.1) is 0 Å². The predicted octanol–water partition coefficient (Wildman–Crippen LogP) is 3.47. The molecule has 0 atom stereocenters. The molecule has 1 aromatic rings. The van der Waals surface area contributed by atoms with Crippen molar-refractivity contribution in [2.75, 3.05) is 6.54 Å². The van der Waals surface area contributed by atoms with E-state index in [0.29, 0.717) is 18.6 Å². The van der Waals surface area contributed by atoms with Gasteiger partial charge in [-0.15, -0.1) is 0 Å². The Bertz CT molecular complexity index is 484. The maximum atomic E-state index is 11.8. The average molecular weight is 291 g/mol. The number of hydrogen-bond acceptors (Lipinski definition) is 1. The first-order valence-electron chi connectivity index (χ1n) is 8.20. The number of urea groups is 1. The lowest BCUT2D eigenvalue weighted by atomic mass is 10.2. The maximum Gasteiger partial charge on any atom is 0.315 e.